The van der Waals surface area contributed by atoms with E-state index in [1.165, 1.54) is 4.90 Å². The molecule has 1 aromatic heterocycles. The summed E-state index contributed by atoms with van der Waals surface area (Å²) >= 11 is 8.21. The van der Waals surface area contributed by atoms with E-state index >= 15 is 0 Å². The molecule has 5 N–H and O–H groups in total. The molecule has 2 saturated carbocycles. The molecule has 0 spiro atoms. The summed E-state index contributed by atoms with van der Waals surface area (Å²) in [5.41, 5.74) is 4.15. The van der Waals surface area contributed by atoms with Crippen molar-refractivity contribution < 1.29 is 30.0 Å². The highest BCUT2D eigenvalue weighted by Crippen LogP contribution is 2.50. The van der Waals surface area contributed by atoms with Crippen LogP contribution in [0.3, 0.4) is 0 Å². The number of aliphatic hydroxyl groups excluding tert-OH is 4. The van der Waals surface area contributed by atoms with Gasteiger partial charge in [0.1, 0.15) is 18.0 Å². The summed E-state index contributed by atoms with van der Waals surface area (Å²) < 4.78 is 6.24. The first kappa shape index (κ1) is 32.7. The number of thioether (sulfide) groups is 1. The van der Waals surface area contributed by atoms with E-state index in [4.69, 9.17) is 21.4 Å². The molecule has 1 amide bonds. The van der Waals surface area contributed by atoms with Crippen LogP contribution in [-0.2, 0) is 16.9 Å². The summed E-state index contributed by atoms with van der Waals surface area (Å²) in [6.45, 7) is 0.303. The van der Waals surface area contributed by atoms with Gasteiger partial charge in [0.15, 0.2) is 0 Å². The molecule has 2 aliphatic rings. The van der Waals surface area contributed by atoms with E-state index in [1.54, 1.807) is 18.8 Å². The van der Waals surface area contributed by atoms with Crippen molar-refractivity contribution in [2.24, 2.45) is 0 Å². The number of rotatable bonds is 16. The number of aliphatic hydroxyl groups is 4. The number of halogens is 1. The fourth-order valence-electron chi connectivity index (χ4n) is 5.12. The van der Waals surface area contributed by atoms with Crippen molar-refractivity contribution in [2.75, 3.05) is 26.0 Å². The van der Waals surface area contributed by atoms with Gasteiger partial charge in [-0.3, -0.25) is 9.78 Å². The molecule has 0 bridgehead atoms. The van der Waals surface area contributed by atoms with Gasteiger partial charge in [0.2, 0.25) is 5.91 Å². The predicted molar refractivity (Wildman–Crippen MR) is 171 cm³/mol. The molecule has 0 saturated heterocycles. The standard InChI is InChI=1S/C33H40ClN3O6S/c1-37(31(41)17-28(39)32(42)29(40)20-38)14-15-44-23-8-9-27(34)21(16-23)18-36-33(11-12-33)26-19-35-13-10-24(26)25-4-2-3-5-30(25)43-22-6-7-22/h2-5,8-10,13,16,19,22,28-29,32,36,38-40,42H,6-7,11-12,14-15,17-18,20H2,1H3. The minimum atomic E-state index is -1.59. The quantitative estimate of drug-likeness (QED) is 0.148. The monoisotopic (exact) mass is 641 g/mol. The van der Waals surface area contributed by atoms with Crippen molar-refractivity contribution in [3.8, 4) is 16.9 Å². The molecule has 236 valence electrons. The van der Waals surface area contributed by atoms with Crippen LogP contribution in [-0.4, -0.2) is 86.6 Å². The first-order valence-corrected chi connectivity index (χ1v) is 16.3. The number of hydrogen-bond donors (Lipinski definition) is 5. The van der Waals surface area contributed by atoms with E-state index in [2.05, 4.69) is 28.5 Å². The van der Waals surface area contributed by atoms with Gasteiger partial charge in [0.05, 0.1) is 25.2 Å². The number of carbonyl (C=O) groups excluding carboxylic acids is 1. The molecule has 5 rings (SSSR count). The fourth-order valence-corrected chi connectivity index (χ4v) is 6.30. The van der Waals surface area contributed by atoms with Gasteiger partial charge in [0.25, 0.3) is 0 Å². The van der Waals surface area contributed by atoms with Crippen LogP contribution in [0.4, 0.5) is 0 Å². The van der Waals surface area contributed by atoms with Crippen molar-refractivity contribution in [3.05, 3.63) is 77.1 Å². The smallest absolute Gasteiger partial charge is 0.225 e. The molecule has 3 unspecified atom stereocenters. The second-order valence-corrected chi connectivity index (χ2v) is 13.2. The van der Waals surface area contributed by atoms with Crippen LogP contribution in [0.1, 0.15) is 43.2 Å². The largest absolute Gasteiger partial charge is 0.490 e. The highest BCUT2D eigenvalue weighted by molar-refractivity contribution is 7.99. The zero-order valence-electron chi connectivity index (χ0n) is 24.7. The SMILES string of the molecule is CN(CCSc1ccc(Cl)c(CNC2(c3cnccc3-c3ccccc3OC3CC3)CC2)c1)C(=O)CC(O)C(O)C(O)CO. The van der Waals surface area contributed by atoms with Crippen molar-refractivity contribution in [2.45, 2.75) is 73.5 Å². The average Bonchev–Trinajstić information content (AvgIpc) is 3.98. The maximum atomic E-state index is 12.5. The van der Waals surface area contributed by atoms with E-state index in [9.17, 15) is 20.1 Å². The summed E-state index contributed by atoms with van der Waals surface area (Å²) in [6.07, 6.45) is 3.38. The van der Waals surface area contributed by atoms with Gasteiger partial charge in [-0.05, 0) is 72.7 Å². The van der Waals surface area contributed by atoms with Crippen LogP contribution in [0.5, 0.6) is 5.75 Å². The Balaban J connectivity index is 1.19. The second-order valence-electron chi connectivity index (χ2n) is 11.6. The molecule has 3 atom stereocenters. The number of ether oxygens (including phenoxy) is 1. The molecule has 44 heavy (non-hydrogen) atoms. The Morgan fingerprint density at radius 1 is 1.14 bits per heavy atom. The highest BCUT2D eigenvalue weighted by atomic mass is 35.5. The van der Waals surface area contributed by atoms with Crippen molar-refractivity contribution in [1.82, 2.24) is 15.2 Å². The van der Waals surface area contributed by atoms with E-state index in [1.807, 2.05) is 42.7 Å². The van der Waals surface area contributed by atoms with E-state index in [0.717, 1.165) is 58.6 Å². The van der Waals surface area contributed by atoms with E-state index in [-0.39, 0.29) is 17.9 Å². The number of carbonyl (C=O) groups is 1. The molecule has 2 aromatic carbocycles. The summed E-state index contributed by atoms with van der Waals surface area (Å²) in [7, 11) is 1.62. The zero-order chi connectivity index (χ0) is 31.3. The van der Waals surface area contributed by atoms with Crippen LogP contribution in [0, 0.1) is 0 Å². The topological polar surface area (TPSA) is 135 Å². The molecule has 2 aliphatic carbocycles. The number of nitrogens with one attached hydrogen (secondary N) is 1. The maximum absolute atomic E-state index is 12.5. The lowest BCUT2D eigenvalue weighted by molar-refractivity contribution is -0.136. The third-order valence-corrected chi connectivity index (χ3v) is 9.54. The third kappa shape index (κ3) is 8.11. The maximum Gasteiger partial charge on any atom is 0.225 e. The predicted octanol–water partition coefficient (Wildman–Crippen LogP) is 3.74. The van der Waals surface area contributed by atoms with Gasteiger partial charge in [-0.25, -0.2) is 0 Å². The summed E-state index contributed by atoms with van der Waals surface area (Å²) in [5.74, 6) is 1.15. The van der Waals surface area contributed by atoms with Gasteiger partial charge < -0.3 is 35.4 Å². The Morgan fingerprint density at radius 2 is 1.91 bits per heavy atom. The summed E-state index contributed by atoms with van der Waals surface area (Å²) in [6, 6.07) is 16.2. The van der Waals surface area contributed by atoms with Crippen LogP contribution >= 0.6 is 23.4 Å². The molecular formula is C33H40ClN3O6S. The molecule has 9 nitrogen and oxygen atoms in total. The Hall–Kier alpha value is -2.70. The summed E-state index contributed by atoms with van der Waals surface area (Å²) in [4.78, 5) is 19.4. The molecule has 11 heteroatoms. The van der Waals surface area contributed by atoms with Crippen LogP contribution in [0.2, 0.25) is 5.02 Å². The number of para-hydroxylation sites is 1. The Morgan fingerprint density at radius 3 is 2.64 bits per heavy atom. The van der Waals surface area contributed by atoms with E-state index < -0.39 is 24.9 Å². The third-order valence-electron chi connectivity index (χ3n) is 8.20. The number of benzene rings is 2. The van der Waals surface area contributed by atoms with Gasteiger partial charge in [0, 0.05) is 59.3 Å². The summed E-state index contributed by atoms with van der Waals surface area (Å²) in [5, 5.41) is 42.7. The second kappa shape index (κ2) is 14.6. The first-order valence-electron chi connectivity index (χ1n) is 15.0. The van der Waals surface area contributed by atoms with E-state index in [0.29, 0.717) is 30.0 Å². The first-order chi connectivity index (χ1) is 21.2. The Bertz CT molecular complexity index is 1440. The minimum Gasteiger partial charge on any atom is -0.490 e. The van der Waals surface area contributed by atoms with Gasteiger partial charge >= 0.3 is 0 Å². The number of hydrogen-bond acceptors (Lipinski definition) is 9. The normalized spacial score (nSPS) is 17.5. The fraction of sp³-hybridized carbons (Fsp3) is 0.455. The molecule has 1 heterocycles. The van der Waals surface area contributed by atoms with Crippen molar-refractivity contribution in [3.63, 3.8) is 0 Å². The average molecular weight is 642 g/mol. The Kier molecular flexibility index (Phi) is 10.8. The van der Waals surface area contributed by atoms with Crippen molar-refractivity contribution in [1.29, 1.82) is 0 Å². The lowest BCUT2D eigenvalue weighted by atomic mass is 9.94. The zero-order valence-corrected chi connectivity index (χ0v) is 26.3. The van der Waals surface area contributed by atoms with Crippen LogP contribution < -0.4 is 10.1 Å². The molecule has 0 aliphatic heterocycles. The van der Waals surface area contributed by atoms with Gasteiger partial charge in [-0.1, -0.05) is 29.8 Å². The van der Waals surface area contributed by atoms with Crippen LogP contribution in [0.15, 0.2) is 65.8 Å². The number of nitrogens with zero attached hydrogens (tertiary/aromatic N) is 2. The molecule has 0 radical (unpaired) electrons. The number of pyridine rings is 1. The van der Waals surface area contributed by atoms with Crippen LogP contribution in [0.25, 0.3) is 11.1 Å². The number of amides is 1. The molecule has 3 aromatic rings. The minimum absolute atomic E-state index is 0.197. The van der Waals surface area contributed by atoms with Gasteiger partial charge in [-0.2, -0.15) is 0 Å². The molecular weight excluding hydrogens is 602 g/mol. The lowest BCUT2D eigenvalue weighted by Gasteiger charge is -2.24. The Labute approximate surface area is 267 Å². The van der Waals surface area contributed by atoms with Crippen molar-refractivity contribution >= 4 is 29.3 Å². The lowest BCUT2D eigenvalue weighted by Crippen LogP contribution is -2.42. The highest BCUT2D eigenvalue weighted by Gasteiger charge is 2.46. The number of aromatic nitrogens is 1. The molecule has 2 fully saturated rings. The van der Waals surface area contributed by atoms with Gasteiger partial charge in [-0.15, -0.1) is 11.8 Å².